The lowest BCUT2D eigenvalue weighted by molar-refractivity contribution is -0.219. The van der Waals surface area contributed by atoms with E-state index in [1.165, 1.54) is 76.2 Å². The molecular formula is C43H64N2O. The summed E-state index contributed by atoms with van der Waals surface area (Å²) in [6.45, 7) is 23.3. The second kappa shape index (κ2) is 11.1. The van der Waals surface area contributed by atoms with Crippen molar-refractivity contribution in [3.05, 3.63) is 59.8 Å². The van der Waals surface area contributed by atoms with Crippen molar-refractivity contribution in [1.82, 2.24) is 4.98 Å². The predicted molar refractivity (Wildman–Crippen MR) is 191 cm³/mol. The van der Waals surface area contributed by atoms with E-state index in [0.717, 1.165) is 43.1 Å². The Morgan fingerprint density at radius 1 is 0.913 bits per heavy atom. The molecule has 7 rings (SSSR count). The van der Waals surface area contributed by atoms with Crippen molar-refractivity contribution in [2.45, 2.75) is 137 Å². The Bertz CT molecular complexity index is 1410. The molecule has 0 aliphatic heterocycles. The molecule has 3 heteroatoms. The zero-order valence-corrected chi connectivity index (χ0v) is 30.4. The van der Waals surface area contributed by atoms with Gasteiger partial charge in [0.1, 0.15) is 0 Å². The molecule has 6 aliphatic rings. The Morgan fingerprint density at radius 3 is 2.39 bits per heavy atom. The Kier molecular flexibility index (Phi) is 7.87. The molecular weight excluding hydrogens is 560 g/mol. The normalized spacial score (nSPS) is 46.1. The topological polar surface area (TPSA) is 48.1 Å². The van der Waals surface area contributed by atoms with E-state index in [4.69, 9.17) is 10.5 Å². The van der Waals surface area contributed by atoms with Crippen molar-refractivity contribution >= 4 is 0 Å². The first kappa shape index (κ1) is 32.7. The van der Waals surface area contributed by atoms with Crippen molar-refractivity contribution < 1.29 is 4.74 Å². The van der Waals surface area contributed by atoms with E-state index in [9.17, 15) is 0 Å². The third-order valence-corrected chi connectivity index (χ3v) is 16.7. The van der Waals surface area contributed by atoms with E-state index < -0.39 is 0 Å². The van der Waals surface area contributed by atoms with Crippen molar-refractivity contribution in [2.75, 3.05) is 6.61 Å². The van der Waals surface area contributed by atoms with Crippen LogP contribution >= 0.6 is 0 Å². The Morgan fingerprint density at radius 2 is 1.72 bits per heavy atom. The molecule has 4 fully saturated rings. The molecule has 1 heterocycles. The van der Waals surface area contributed by atoms with Gasteiger partial charge in [0.05, 0.1) is 6.61 Å². The highest BCUT2D eigenvalue weighted by Gasteiger charge is 2.70. The van der Waals surface area contributed by atoms with Gasteiger partial charge in [-0.25, -0.2) is 4.98 Å². The standard InChI is InChI=1S/C43H64N2O/c1-9-42(28-46-36-12-10-11-27-45-36)22-15-30(16-23-42)32-18-20-39(6)34(38(32,4)5)19-21-41(8)35(39)14-13-33-37-31(29(2)3)17-24-43(37,44)26-25-40(33,41)7/h10-12,15,18,27,31,33-35,37H,2,9,13-14,16-17,19-26,28,44H2,1,3-8H3/t31-,33+,34-,35+,37+,39-,40+,41+,42?,43-/m0/s1. The number of ether oxygens (including phenoxy) is 1. The molecule has 46 heavy (non-hydrogen) atoms. The first-order chi connectivity index (χ1) is 21.7. The number of hydrogen-bond acceptors (Lipinski definition) is 3. The third kappa shape index (κ3) is 4.63. The number of fused-ring (bicyclic) bond motifs is 7. The minimum Gasteiger partial charge on any atom is -0.477 e. The molecule has 0 aromatic carbocycles. The van der Waals surface area contributed by atoms with Crippen molar-refractivity contribution in [3.8, 4) is 5.88 Å². The Hall–Kier alpha value is -1.87. The van der Waals surface area contributed by atoms with Crippen molar-refractivity contribution in [1.29, 1.82) is 0 Å². The van der Waals surface area contributed by atoms with Gasteiger partial charge in [0.2, 0.25) is 5.88 Å². The summed E-state index contributed by atoms with van der Waals surface area (Å²) < 4.78 is 6.23. The van der Waals surface area contributed by atoms with Gasteiger partial charge in [-0.3, -0.25) is 0 Å². The SMILES string of the molecule is C=C(C)[C@@H]1CC[C@]2(N)CC[C@]3(C)[C@H](CC[C@@H]4[C@@]5(C)CC=C(C6=CCC(CC)(COc7ccccn7)CC6)C(C)(C)[C@@H]5CC[C@]43C)[C@@H]12. The van der Waals surface area contributed by atoms with Gasteiger partial charge in [0, 0.05) is 23.2 Å². The highest BCUT2D eigenvalue weighted by Crippen LogP contribution is 2.76. The highest BCUT2D eigenvalue weighted by molar-refractivity contribution is 5.41. The lowest BCUT2D eigenvalue weighted by atomic mass is 9.33. The van der Waals surface area contributed by atoms with Crippen LogP contribution in [0.1, 0.15) is 132 Å². The maximum atomic E-state index is 7.33. The van der Waals surface area contributed by atoms with Gasteiger partial charge >= 0.3 is 0 Å². The highest BCUT2D eigenvalue weighted by atomic mass is 16.5. The van der Waals surface area contributed by atoms with Crippen LogP contribution in [0, 0.1) is 56.7 Å². The largest absolute Gasteiger partial charge is 0.477 e. The molecule has 1 aromatic heterocycles. The number of nitrogens with two attached hydrogens (primary N) is 1. The maximum Gasteiger partial charge on any atom is 0.213 e. The van der Waals surface area contributed by atoms with Crippen LogP contribution < -0.4 is 10.5 Å². The van der Waals surface area contributed by atoms with E-state index in [0.29, 0.717) is 28.1 Å². The molecule has 6 aliphatic carbocycles. The van der Waals surface area contributed by atoms with Crippen LogP contribution in [0.25, 0.3) is 0 Å². The maximum absolute atomic E-state index is 7.33. The van der Waals surface area contributed by atoms with Crippen molar-refractivity contribution in [2.24, 2.45) is 62.4 Å². The molecule has 0 spiro atoms. The summed E-state index contributed by atoms with van der Waals surface area (Å²) in [5.41, 5.74) is 13.6. The molecule has 0 bridgehead atoms. The first-order valence-corrected chi connectivity index (χ1v) is 19.1. The van der Waals surface area contributed by atoms with Gasteiger partial charge in [0.15, 0.2) is 0 Å². The Balaban J connectivity index is 1.14. The van der Waals surface area contributed by atoms with E-state index in [1.54, 1.807) is 11.1 Å². The fourth-order valence-electron chi connectivity index (χ4n) is 13.8. The van der Waals surface area contributed by atoms with Gasteiger partial charge in [-0.15, -0.1) is 0 Å². The smallest absolute Gasteiger partial charge is 0.213 e. The average molecular weight is 625 g/mol. The summed E-state index contributed by atoms with van der Waals surface area (Å²) in [4.78, 5) is 4.41. The zero-order valence-electron chi connectivity index (χ0n) is 30.4. The van der Waals surface area contributed by atoms with Crippen LogP contribution in [0.5, 0.6) is 5.88 Å². The number of nitrogens with zero attached hydrogens (tertiary/aromatic N) is 1. The molecule has 2 N–H and O–H groups in total. The third-order valence-electron chi connectivity index (χ3n) is 16.7. The second-order valence-corrected chi connectivity index (χ2v) is 18.7. The molecule has 0 saturated heterocycles. The summed E-state index contributed by atoms with van der Waals surface area (Å²) in [6, 6.07) is 5.95. The number of allylic oxidation sites excluding steroid dienone is 5. The van der Waals surface area contributed by atoms with Gasteiger partial charge in [-0.1, -0.05) is 71.9 Å². The van der Waals surface area contributed by atoms with Crippen LogP contribution in [-0.4, -0.2) is 17.1 Å². The molecule has 10 atom stereocenters. The van der Waals surface area contributed by atoms with E-state index in [2.05, 4.69) is 72.2 Å². The van der Waals surface area contributed by atoms with Crippen LogP contribution in [0.15, 0.2) is 59.8 Å². The second-order valence-electron chi connectivity index (χ2n) is 18.7. The minimum absolute atomic E-state index is 0.0379. The molecule has 0 amide bonds. The van der Waals surface area contributed by atoms with Gasteiger partial charge in [-0.2, -0.15) is 0 Å². The summed E-state index contributed by atoms with van der Waals surface area (Å²) >= 11 is 0. The first-order valence-electron chi connectivity index (χ1n) is 19.1. The predicted octanol–water partition coefficient (Wildman–Crippen LogP) is 10.9. The average Bonchev–Trinajstić information content (AvgIpc) is 3.39. The molecule has 0 radical (unpaired) electrons. The van der Waals surface area contributed by atoms with Gasteiger partial charge in [-0.05, 0) is 159 Å². The van der Waals surface area contributed by atoms with Crippen LogP contribution in [-0.2, 0) is 0 Å². The van der Waals surface area contributed by atoms with Crippen molar-refractivity contribution in [3.63, 3.8) is 0 Å². The number of pyridine rings is 1. The number of aromatic nitrogens is 1. The Labute approximate surface area is 281 Å². The lowest BCUT2D eigenvalue weighted by Crippen LogP contribution is -2.67. The molecule has 3 nitrogen and oxygen atoms in total. The quantitative estimate of drug-likeness (QED) is 0.320. The van der Waals surface area contributed by atoms with Gasteiger partial charge in [0.25, 0.3) is 0 Å². The van der Waals surface area contributed by atoms with Crippen LogP contribution in [0.2, 0.25) is 0 Å². The summed E-state index contributed by atoms with van der Waals surface area (Å²) in [5.74, 6) is 4.26. The lowest BCUT2D eigenvalue weighted by Gasteiger charge is -2.72. The molecule has 1 unspecified atom stereocenters. The molecule has 1 aromatic rings. The molecule has 252 valence electrons. The summed E-state index contributed by atoms with van der Waals surface area (Å²) in [6.07, 6.45) is 23.6. The zero-order chi connectivity index (χ0) is 32.8. The van der Waals surface area contributed by atoms with Crippen LogP contribution in [0.4, 0.5) is 0 Å². The number of hydrogen-bond donors (Lipinski definition) is 1. The monoisotopic (exact) mass is 625 g/mol. The van der Waals surface area contributed by atoms with E-state index >= 15 is 0 Å². The van der Waals surface area contributed by atoms with Crippen LogP contribution in [0.3, 0.4) is 0 Å². The van der Waals surface area contributed by atoms with Gasteiger partial charge < -0.3 is 10.5 Å². The summed E-state index contributed by atoms with van der Waals surface area (Å²) in [5, 5.41) is 0. The fraction of sp³-hybridized carbons (Fsp3) is 0.744. The molecule has 4 saturated carbocycles. The number of rotatable bonds is 6. The summed E-state index contributed by atoms with van der Waals surface area (Å²) in [7, 11) is 0. The minimum atomic E-state index is 0.0379. The van der Waals surface area contributed by atoms with E-state index in [-0.39, 0.29) is 16.4 Å². The van der Waals surface area contributed by atoms with E-state index in [1.807, 2.05) is 24.4 Å². The fourth-order valence-corrected chi connectivity index (χ4v) is 13.8.